The summed E-state index contributed by atoms with van der Waals surface area (Å²) in [4.78, 5) is 28.1. The number of anilines is 2. The van der Waals surface area contributed by atoms with Crippen LogP contribution in [0.2, 0.25) is 0 Å². The van der Waals surface area contributed by atoms with Gasteiger partial charge in [-0.1, -0.05) is 24.3 Å². The highest BCUT2D eigenvalue weighted by molar-refractivity contribution is 6.07. The van der Waals surface area contributed by atoms with Gasteiger partial charge < -0.3 is 26.0 Å². The van der Waals surface area contributed by atoms with Crippen molar-refractivity contribution in [3.8, 4) is 0 Å². The highest BCUT2D eigenvalue weighted by Gasteiger charge is 2.28. The van der Waals surface area contributed by atoms with Crippen molar-refractivity contribution in [2.75, 3.05) is 23.4 Å². The average Bonchev–Trinajstić information content (AvgIpc) is 2.89. The lowest BCUT2D eigenvalue weighted by Gasteiger charge is -2.41. The maximum atomic E-state index is 13.8. The van der Waals surface area contributed by atoms with Gasteiger partial charge in [-0.2, -0.15) is 0 Å². The Kier molecular flexibility index (Phi) is 8.15. The van der Waals surface area contributed by atoms with Crippen LogP contribution in [0.4, 0.5) is 20.2 Å². The molecule has 2 amide bonds. The summed E-state index contributed by atoms with van der Waals surface area (Å²) in [6, 6.07) is 15.7. The van der Waals surface area contributed by atoms with Gasteiger partial charge in [0.25, 0.3) is 11.8 Å². The van der Waals surface area contributed by atoms with E-state index < -0.39 is 17.5 Å². The van der Waals surface area contributed by atoms with Crippen LogP contribution in [0.5, 0.6) is 0 Å². The van der Waals surface area contributed by atoms with Crippen molar-refractivity contribution >= 4 is 23.2 Å². The number of nitrogens with zero attached hydrogens (tertiary/aromatic N) is 1. The number of hydrogen-bond donors (Lipinski definition) is 3. The number of carbonyl (C=O) groups is 2. The third-order valence-electron chi connectivity index (χ3n) is 6.31. The van der Waals surface area contributed by atoms with Crippen LogP contribution < -0.4 is 21.3 Å². The number of nitrogens with one attached hydrogen (secondary N) is 2. The first-order chi connectivity index (χ1) is 17.8. The predicted molar refractivity (Wildman–Crippen MR) is 138 cm³/mol. The smallest absolute Gasteiger partial charge is 0.255 e. The minimum atomic E-state index is -1.12. The normalized spacial score (nSPS) is 17.4. The number of carbonyl (C=O) groups excluding carboxylic acids is 2. The lowest BCUT2D eigenvalue weighted by molar-refractivity contribution is 0.0757. The van der Waals surface area contributed by atoms with Gasteiger partial charge in [-0.15, -0.1) is 0 Å². The summed E-state index contributed by atoms with van der Waals surface area (Å²) in [5.74, 6) is -3.10. The van der Waals surface area contributed by atoms with E-state index in [1.807, 2.05) is 38.1 Å². The van der Waals surface area contributed by atoms with Crippen LogP contribution in [0.15, 0.2) is 60.7 Å². The van der Waals surface area contributed by atoms with Gasteiger partial charge in [0, 0.05) is 36.3 Å². The van der Waals surface area contributed by atoms with Gasteiger partial charge in [0.05, 0.1) is 24.6 Å². The van der Waals surface area contributed by atoms with Gasteiger partial charge in [-0.25, -0.2) is 8.78 Å². The maximum Gasteiger partial charge on any atom is 0.255 e. The second kappa shape index (κ2) is 11.5. The van der Waals surface area contributed by atoms with E-state index in [1.54, 1.807) is 18.2 Å². The number of morpholine rings is 1. The molecule has 3 aromatic rings. The Hall–Kier alpha value is -3.82. The molecule has 0 aromatic heterocycles. The van der Waals surface area contributed by atoms with E-state index in [1.165, 1.54) is 6.07 Å². The van der Waals surface area contributed by atoms with Crippen molar-refractivity contribution in [1.29, 1.82) is 0 Å². The fraction of sp³-hybridized carbons (Fsp3) is 0.286. The Bertz CT molecular complexity index is 1290. The van der Waals surface area contributed by atoms with E-state index in [2.05, 4.69) is 15.5 Å². The second-order valence-electron chi connectivity index (χ2n) is 9.16. The fourth-order valence-electron chi connectivity index (χ4n) is 4.46. The first kappa shape index (κ1) is 26.2. The van der Waals surface area contributed by atoms with E-state index in [0.29, 0.717) is 43.2 Å². The van der Waals surface area contributed by atoms with Crippen molar-refractivity contribution in [1.82, 2.24) is 5.32 Å². The van der Waals surface area contributed by atoms with Gasteiger partial charge in [-0.05, 0) is 61.4 Å². The molecule has 194 valence electrons. The molecule has 2 unspecified atom stereocenters. The van der Waals surface area contributed by atoms with E-state index in [4.69, 9.17) is 10.5 Å². The summed E-state index contributed by atoms with van der Waals surface area (Å²) >= 11 is 0. The molecule has 0 spiro atoms. The van der Waals surface area contributed by atoms with Gasteiger partial charge in [-0.3, -0.25) is 9.59 Å². The van der Waals surface area contributed by atoms with E-state index in [9.17, 15) is 18.4 Å². The van der Waals surface area contributed by atoms with Gasteiger partial charge in [0.15, 0.2) is 11.6 Å². The Balaban J connectivity index is 1.62. The van der Waals surface area contributed by atoms with E-state index in [0.717, 1.165) is 23.3 Å². The standard InChI is InChI=1S/C28H30F2N4O3/c1-17-15-37-16-18(2)34(17)26-9-7-22(27(35)32-14-20-5-3-4-19(10-20)13-31)12-25(26)33-28(36)21-6-8-23(29)24(30)11-21/h3-12,17-18H,13-16,31H2,1-2H3,(H,32,35)(H,33,36). The van der Waals surface area contributed by atoms with Crippen molar-refractivity contribution in [2.45, 2.75) is 39.0 Å². The molecule has 4 N–H and O–H groups in total. The molecule has 0 radical (unpaired) electrons. The Morgan fingerprint density at radius 2 is 1.59 bits per heavy atom. The van der Waals surface area contributed by atoms with Crippen LogP contribution in [0.25, 0.3) is 0 Å². The summed E-state index contributed by atoms with van der Waals surface area (Å²) in [5, 5.41) is 5.68. The third kappa shape index (κ3) is 6.12. The lowest BCUT2D eigenvalue weighted by atomic mass is 10.1. The molecule has 0 bridgehead atoms. The predicted octanol–water partition coefficient (Wildman–Crippen LogP) is 4.22. The number of halogens is 2. The van der Waals surface area contributed by atoms with E-state index >= 15 is 0 Å². The first-order valence-corrected chi connectivity index (χ1v) is 12.1. The number of benzene rings is 3. The van der Waals surface area contributed by atoms with Crippen molar-refractivity contribution in [2.24, 2.45) is 5.73 Å². The molecule has 3 aromatic carbocycles. The summed E-state index contributed by atoms with van der Waals surface area (Å²) in [5.41, 5.74) is 8.96. The highest BCUT2D eigenvalue weighted by Crippen LogP contribution is 2.33. The van der Waals surface area contributed by atoms with Crippen LogP contribution in [-0.2, 0) is 17.8 Å². The molecule has 4 rings (SSSR count). The Labute approximate surface area is 214 Å². The number of amides is 2. The zero-order valence-electron chi connectivity index (χ0n) is 20.8. The molecule has 1 fully saturated rings. The molecule has 1 saturated heterocycles. The van der Waals surface area contributed by atoms with Gasteiger partial charge in [0.1, 0.15) is 0 Å². The van der Waals surface area contributed by atoms with Crippen molar-refractivity contribution in [3.63, 3.8) is 0 Å². The quantitative estimate of drug-likeness (QED) is 0.444. The molecule has 0 saturated carbocycles. The van der Waals surface area contributed by atoms with Gasteiger partial charge in [0.2, 0.25) is 0 Å². The van der Waals surface area contributed by atoms with Crippen LogP contribution in [0.1, 0.15) is 45.7 Å². The third-order valence-corrected chi connectivity index (χ3v) is 6.31. The molecule has 37 heavy (non-hydrogen) atoms. The fourth-order valence-corrected chi connectivity index (χ4v) is 4.46. The zero-order valence-corrected chi connectivity index (χ0v) is 20.8. The van der Waals surface area contributed by atoms with Crippen LogP contribution in [0.3, 0.4) is 0 Å². The zero-order chi connectivity index (χ0) is 26.5. The molecular weight excluding hydrogens is 478 g/mol. The van der Waals surface area contributed by atoms with Crippen molar-refractivity contribution in [3.05, 3.63) is 94.6 Å². The Morgan fingerprint density at radius 1 is 0.919 bits per heavy atom. The molecular formula is C28H30F2N4O3. The summed E-state index contributed by atoms with van der Waals surface area (Å²) in [7, 11) is 0. The minimum Gasteiger partial charge on any atom is -0.377 e. The number of nitrogens with two attached hydrogens (primary N) is 1. The van der Waals surface area contributed by atoms with E-state index in [-0.39, 0.29) is 23.6 Å². The largest absolute Gasteiger partial charge is 0.377 e. The van der Waals surface area contributed by atoms with Crippen LogP contribution in [0, 0.1) is 11.6 Å². The summed E-state index contributed by atoms with van der Waals surface area (Å²) < 4.78 is 32.8. The summed E-state index contributed by atoms with van der Waals surface area (Å²) in [6.45, 7) is 5.74. The van der Waals surface area contributed by atoms with Crippen LogP contribution in [-0.4, -0.2) is 37.1 Å². The number of ether oxygens (including phenoxy) is 1. The average molecular weight is 509 g/mol. The maximum absolute atomic E-state index is 13.8. The summed E-state index contributed by atoms with van der Waals surface area (Å²) in [6.07, 6.45) is 0. The Morgan fingerprint density at radius 3 is 2.30 bits per heavy atom. The second-order valence-corrected chi connectivity index (χ2v) is 9.16. The highest BCUT2D eigenvalue weighted by atomic mass is 19.2. The molecule has 1 aliphatic heterocycles. The number of rotatable bonds is 7. The monoisotopic (exact) mass is 508 g/mol. The minimum absolute atomic E-state index is 0.0113. The first-order valence-electron chi connectivity index (χ1n) is 12.1. The molecule has 2 atom stereocenters. The topological polar surface area (TPSA) is 96.7 Å². The lowest BCUT2D eigenvalue weighted by Crippen LogP contribution is -2.50. The molecule has 1 heterocycles. The SMILES string of the molecule is CC1COCC(C)N1c1ccc(C(=O)NCc2cccc(CN)c2)cc1NC(=O)c1ccc(F)c(F)c1. The van der Waals surface area contributed by atoms with Crippen molar-refractivity contribution < 1.29 is 23.1 Å². The molecule has 0 aliphatic carbocycles. The molecule has 7 nitrogen and oxygen atoms in total. The number of hydrogen-bond acceptors (Lipinski definition) is 5. The van der Waals surface area contributed by atoms with Crippen LogP contribution >= 0.6 is 0 Å². The molecule has 9 heteroatoms. The molecule has 1 aliphatic rings. The van der Waals surface area contributed by atoms with Gasteiger partial charge >= 0.3 is 0 Å².